The summed E-state index contributed by atoms with van der Waals surface area (Å²) in [4.78, 5) is 20.5. The maximum Gasteiger partial charge on any atom is 0.253 e. The maximum atomic E-state index is 12.3. The molecule has 4 nitrogen and oxygen atoms in total. The summed E-state index contributed by atoms with van der Waals surface area (Å²) in [7, 11) is 5.92. The molecule has 1 amide bonds. The second kappa shape index (κ2) is 6.48. The lowest BCUT2D eigenvalue weighted by atomic mass is 10.1. The van der Waals surface area contributed by atoms with Crippen molar-refractivity contribution in [1.82, 2.24) is 14.8 Å². The molecule has 0 atom stereocenters. The van der Waals surface area contributed by atoms with Crippen LogP contribution in [-0.2, 0) is 0 Å². The third kappa shape index (κ3) is 3.54. The normalized spacial score (nSPS) is 11.0. The molecule has 1 aromatic heterocycles. The summed E-state index contributed by atoms with van der Waals surface area (Å²) in [5, 5.41) is 1.05. The zero-order chi connectivity index (χ0) is 14.5. The lowest BCUT2D eigenvalue weighted by molar-refractivity contribution is 0.0791. The summed E-state index contributed by atoms with van der Waals surface area (Å²) in [5.41, 5.74) is 1.56. The van der Waals surface area contributed by atoms with Crippen LogP contribution in [0, 0.1) is 0 Å². The molecule has 0 saturated carbocycles. The van der Waals surface area contributed by atoms with Crippen LogP contribution in [0.1, 0.15) is 16.8 Å². The molecule has 0 fully saturated rings. The van der Waals surface area contributed by atoms with Gasteiger partial charge in [-0.3, -0.25) is 9.78 Å². The van der Waals surface area contributed by atoms with E-state index in [1.165, 1.54) is 0 Å². The first kappa shape index (κ1) is 14.5. The first-order chi connectivity index (χ1) is 9.58. The van der Waals surface area contributed by atoms with E-state index < -0.39 is 0 Å². The predicted octanol–water partition coefficient (Wildman–Crippen LogP) is 2.26. The molecule has 1 heterocycles. The molecule has 2 aromatic rings. The van der Waals surface area contributed by atoms with Crippen LogP contribution in [0.4, 0.5) is 0 Å². The van der Waals surface area contributed by atoms with Crippen molar-refractivity contribution in [3.8, 4) is 0 Å². The van der Waals surface area contributed by atoms with Gasteiger partial charge >= 0.3 is 0 Å². The number of nitrogens with zero attached hydrogens (tertiary/aromatic N) is 3. The molecular formula is C16H21N3O. The van der Waals surface area contributed by atoms with E-state index in [2.05, 4.69) is 9.88 Å². The molecule has 0 aliphatic rings. The summed E-state index contributed by atoms with van der Waals surface area (Å²) in [6, 6.07) is 9.58. The Morgan fingerprint density at radius 3 is 2.70 bits per heavy atom. The van der Waals surface area contributed by atoms with Gasteiger partial charge in [0.15, 0.2) is 0 Å². The molecule has 0 spiro atoms. The van der Waals surface area contributed by atoms with Crippen molar-refractivity contribution in [2.75, 3.05) is 34.2 Å². The molecule has 0 aliphatic carbocycles. The quantitative estimate of drug-likeness (QED) is 0.837. The fraction of sp³-hybridized carbons (Fsp3) is 0.375. The molecule has 2 rings (SSSR count). The Bertz CT molecular complexity index is 595. The van der Waals surface area contributed by atoms with Gasteiger partial charge in [0.05, 0.1) is 5.52 Å². The average Bonchev–Trinajstić information content (AvgIpc) is 2.45. The second-order valence-corrected chi connectivity index (χ2v) is 5.29. The van der Waals surface area contributed by atoms with E-state index in [-0.39, 0.29) is 5.91 Å². The Labute approximate surface area is 120 Å². The van der Waals surface area contributed by atoms with Crippen LogP contribution in [0.15, 0.2) is 36.5 Å². The minimum atomic E-state index is 0.0521. The van der Waals surface area contributed by atoms with Gasteiger partial charge in [0, 0.05) is 30.7 Å². The summed E-state index contributed by atoms with van der Waals surface area (Å²) in [6.07, 6.45) is 2.72. The third-order valence-corrected chi connectivity index (χ3v) is 3.30. The van der Waals surface area contributed by atoms with E-state index in [9.17, 15) is 4.79 Å². The molecule has 20 heavy (non-hydrogen) atoms. The first-order valence-corrected chi connectivity index (χ1v) is 6.83. The predicted molar refractivity (Wildman–Crippen MR) is 81.9 cm³/mol. The van der Waals surface area contributed by atoms with E-state index in [1.807, 2.05) is 51.5 Å². The second-order valence-electron chi connectivity index (χ2n) is 5.29. The van der Waals surface area contributed by atoms with Gasteiger partial charge in [-0.2, -0.15) is 0 Å². The molecule has 1 aromatic carbocycles. The highest BCUT2D eigenvalue weighted by Crippen LogP contribution is 2.14. The zero-order valence-electron chi connectivity index (χ0n) is 12.3. The fourth-order valence-corrected chi connectivity index (χ4v) is 2.15. The zero-order valence-corrected chi connectivity index (χ0v) is 12.3. The molecule has 0 saturated heterocycles. The summed E-state index contributed by atoms with van der Waals surface area (Å²) in [6.45, 7) is 1.74. The number of fused-ring (bicyclic) bond motifs is 1. The summed E-state index contributed by atoms with van der Waals surface area (Å²) >= 11 is 0. The number of benzene rings is 1. The minimum absolute atomic E-state index is 0.0521. The number of hydrogen-bond acceptors (Lipinski definition) is 3. The van der Waals surface area contributed by atoms with Crippen LogP contribution in [0.3, 0.4) is 0 Å². The van der Waals surface area contributed by atoms with Crippen LogP contribution >= 0.6 is 0 Å². The van der Waals surface area contributed by atoms with Gasteiger partial charge in [-0.1, -0.05) is 12.1 Å². The Hall–Kier alpha value is -1.94. The Morgan fingerprint density at radius 1 is 1.15 bits per heavy atom. The first-order valence-electron chi connectivity index (χ1n) is 6.83. The molecule has 106 valence electrons. The van der Waals surface area contributed by atoms with Crippen LogP contribution in [-0.4, -0.2) is 54.9 Å². The highest BCUT2D eigenvalue weighted by Gasteiger charge is 2.12. The molecule has 4 heteroatoms. The molecule has 0 aliphatic heterocycles. The van der Waals surface area contributed by atoms with Gasteiger partial charge in [-0.15, -0.1) is 0 Å². The SMILES string of the molecule is CN(C)CCCN(C)C(=O)c1ccc2cccnc2c1. The van der Waals surface area contributed by atoms with Crippen molar-refractivity contribution in [1.29, 1.82) is 0 Å². The number of rotatable bonds is 5. The van der Waals surface area contributed by atoms with Crippen molar-refractivity contribution in [3.63, 3.8) is 0 Å². The summed E-state index contributed by atoms with van der Waals surface area (Å²) in [5.74, 6) is 0.0521. The minimum Gasteiger partial charge on any atom is -0.342 e. The highest BCUT2D eigenvalue weighted by molar-refractivity contribution is 5.97. The largest absolute Gasteiger partial charge is 0.342 e. The molecular weight excluding hydrogens is 250 g/mol. The number of aromatic nitrogens is 1. The van der Waals surface area contributed by atoms with Gasteiger partial charge in [0.2, 0.25) is 0 Å². The topological polar surface area (TPSA) is 36.4 Å². The lowest BCUT2D eigenvalue weighted by Gasteiger charge is -2.18. The van der Waals surface area contributed by atoms with Crippen molar-refractivity contribution in [2.24, 2.45) is 0 Å². The number of carbonyl (C=O) groups excluding carboxylic acids is 1. The lowest BCUT2D eigenvalue weighted by Crippen LogP contribution is -2.29. The molecule has 0 unspecified atom stereocenters. The van der Waals surface area contributed by atoms with Crippen LogP contribution in [0.25, 0.3) is 10.9 Å². The van der Waals surface area contributed by atoms with Crippen molar-refractivity contribution >= 4 is 16.8 Å². The Balaban J connectivity index is 2.06. The van der Waals surface area contributed by atoms with Crippen LogP contribution < -0.4 is 0 Å². The van der Waals surface area contributed by atoms with Crippen LogP contribution in [0.2, 0.25) is 0 Å². The van der Waals surface area contributed by atoms with E-state index >= 15 is 0 Å². The van der Waals surface area contributed by atoms with Gasteiger partial charge in [0.1, 0.15) is 0 Å². The molecule has 0 bridgehead atoms. The maximum absolute atomic E-state index is 12.3. The Kier molecular flexibility index (Phi) is 4.69. The molecule has 0 N–H and O–H groups in total. The van der Waals surface area contributed by atoms with E-state index in [4.69, 9.17) is 0 Å². The van der Waals surface area contributed by atoms with Gasteiger partial charge in [-0.05, 0) is 45.3 Å². The summed E-state index contributed by atoms with van der Waals surface area (Å²) < 4.78 is 0. The monoisotopic (exact) mass is 271 g/mol. The number of pyridine rings is 1. The van der Waals surface area contributed by atoms with Gasteiger partial charge in [0.25, 0.3) is 5.91 Å². The number of amides is 1. The van der Waals surface area contributed by atoms with Crippen molar-refractivity contribution < 1.29 is 4.79 Å². The molecule has 0 radical (unpaired) electrons. The van der Waals surface area contributed by atoms with Crippen LogP contribution in [0.5, 0.6) is 0 Å². The van der Waals surface area contributed by atoms with E-state index in [0.717, 1.165) is 30.4 Å². The Morgan fingerprint density at radius 2 is 1.95 bits per heavy atom. The van der Waals surface area contributed by atoms with Crippen molar-refractivity contribution in [2.45, 2.75) is 6.42 Å². The average molecular weight is 271 g/mol. The van der Waals surface area contributed by atoms with Gasteiger partial charge in [-0.25, -0.2) is 0 Å². The highest BCUT2D eigenvalue weighted by atomic mass is 16.2. The number of hydrogen-bond donors (Lipinski definition) is 0. The standard InChI is InChI=1S/C16H21N3O/c1-18(2)10-5-11-19(3)16(20)14-8-7-13-6-4-9-17-15(13)12-14/h4,6-9,12H,5,10-11H2,1-3H3. The van der Waals surface area contributed by atoms with E-state index in [1.54, 1.807) is 11.1 Å². The third-order valence-electron chi connectivity index (χ3n) is 3.30. The van der Waals surface area contributed by atoms with Gasteiger partial charge < -0.3 is 9.80 Å². The smallest absolute Gasteiger partial charge is 0.253 e. The van der Waals surface area contributed by atoms with E-state index in [0.29, 0.717) is 5.56 Å². The van der Waals surface area contributed by atoms with Crippen molar-refractivity contribution in [3.05, 3.63) is 42.1 Å². The fourth-order valence-electron chi connectivity index (χ4n) is 2.15. The number of carbonyl (C=O) groups is 1.